The summed E-state index contributed by atoms with van der Waals surface area (Å²) in [7, 11) is -1.87. The van der Waals surface area contributed by atoms with Gasteiger partial charge in [0.25, 0.3) is 0 Å². The van der Waals surface area contributed by atoms with Gasteiger partial charge in [-0.3, -0.25) is 0 Å². The topological polar surface area (TPSA) is 75.6 Å². The zero-order valence-electron chi connectivity index (χ0n) is 12.6. The van der Waals surface area contributed by atoms with Crippen LogP contribution in [0.3, 0.4) is 0 Å². The fourth-order valence-corrected chi connectivity index (χ4v) is 3.53. The van der Waals surface area contributed by atoms with Gasteiger partial charge in [0, 0.05) is 20.3 Å². The molecule has 0 amide bonds. The molecule has 2 rings (SSSR count). The first kappa shape index (κ1) is 16.4. The van der Waals surface area contributed by atoms with Gasteiger partial charge >= 0.3 is 0 Å². The summed E-state index contributed by atoms with van der Waals surface area (Å²) < 4.78 is 32.4. The van der Waals surface area contributed by atoms with Crippen molar-refractivity contribution in [1.82, 2.24) is 4.72 Å². The number of ether oxygens (including phenoxy) is 1. The Balaban J connectivity index is 2.05. The van der Waals surface area contributed by atoms with Gasteiger partial charge in [0.1, 0.15) is 0 Å². The minimum atomic E-state index is -3.53. The Morgan fingerprint density at radius 2 is 2.10 bits per heavy atom. The SMILES string of the molecule is COCCC1(CNS(=O)(=O)c2ccc(C)c(CO)c2)CC1. The second-order valence-corrected chi connectivity index (χ2v) is 7.58. The van der Waals surface area contributed by atoms with Gasteiger partial charge < -0.3 is 9.84 Å². The second-order valence-electron chi connectivity index (χ2n) is 5.81. The summed E-state index contributed by atoms with van der Waals surface area (Å²) >= 11 is 0. The third-order valence-corrected chi connectivity index (χ3v) is 5.63. The Kier molecular flexibility index (Phi) is 5.03. The lowest BCUT2D eigenvalue weighted by molar-refractivity contribution is 0.173. The van der Waals surface area contributed by atoms with Crippen molar-refractivity contribution in [2.24, 2.45) is 5.41 Å². The highest BCUT2D eigenvalue weighted by Gasteiger charge is 2.42. The highest BCUT2D eigenvalue weighted by Crippen LogP contribution is 2.48. The number of aryl methyl sites for hydroxylation is 1. The maximum Gasteiger partial charge on any atom is 0.240 e. The fraction of sp³-hybridized carbons (Fsp3) is 0.600. The van der Waals surface area contributed by atoms with Gasteiger partial charge in [0.2, 0.25) is 10.0 Å². The highest BCUT2D eigenvalue weighted by molar-refractivity contribution is 7.89. The van der Waals surface area contributed by atoms with E-state index in [9.17, 15) is 13.5 Å². The van der Waals surface area contributed by atoms with Gasteiger partial charge in [-0.25, -0.2) is 13.1 Å². The van der Waals surface area contributed by atoms with Crippen molar-refractivity contribution >= 4 is 10.0 Å². The average Bonchev–Trinajstić information content (AvgIpc) is 3.24. The van der Waals surface area contributed by atoms with Gasteiger partial charge in [0.05, 0.1) is 11.5 Å². The molecular formula is C15H23NO4S. The van der Waals surface area contributed by atoms with E-state index in [1.165, 1.54) is 6.07 Å². The van der Waals surface area contributed by atoms with Crippen LogP contribution in [0.15, 0.2) is 23.1 Å². The van der Waals surface area contributed by atoms with Crippen LogP contribution in [0.2, 0.25) is 0 Å². The van der Waals surface area contributed by atoms with Gasteiger partial charge in [0.15, 0.2) is 0 Å². The highest BCUT2D eigenvalue weighted by atomic mass is 32.2. The first-order chi connectivity index (χ1) is 9.92. The van der Waals surface area contributed by atoms with Crippen LogP contribution in [-0.4, -0.2) is 33.8 Å². The zero-order valence-corrected chi connectivity index (χ0v) is 13.4. The number of aliphatic hydroxyl groups excluding tert-OH is 1. The number of methoxy groups -OCH3 is 1. The molecule has 1 aliphatic rings. The number of benzene rings is 1. The molecule has 0 saturated heterocycles. The maximum absolute atomic E-state index is 12.3. The third-order valence-electron chi connectivity index (χ3n) is 4.23. The van der Waals surface area contributed by atoms with E-state index in [4.69, 9.17) is 4.74 Å². The van der Waals surface area contributed by atoms with Crippen LogP contribution in [-0.2, 0) is 21.4 Å². The predicted molar refractivity (Wildman–Crippen MR) is 80.5 cm³/mol. The van der Waals surface area contributed by atoms with E-state index in [2.05, 4.69) is 4.72 Å². The number of sulfonamides is 1. The smallest absolute Gasteiger partial charge is 0.240 e. The van der Waals surface area contributed by atoms with Crippen LogP contribution in [0.1, 0.15) is 30.4 Å². The van der Waals surface area contributed by atoms with Crippen LogP contribution >= 0.6 is 0 Å². The Labute approximate surface area is 126 Å². The zero-order chi connectivity index (χ0) is 15.5. The molecular weight excluding hydrogens is 290 g/mol. The number of hydrogen-bond donors (Lipinski definition) is 2. The van der Waals surface area contributed by atoms with Crippen molar-refractivity contribution in [3.05, 3.63) is 29.3 Å². The normalized spacial score (nSPS) is 16.9. The van der Waals surface area contributed by atoms with E-state index >= 15 is 0 Å². The lowest BCUT2D eigenvalue weighted by atomic mass is 10.0. The monoisotopic (exact) mass is 313 g/mol. The number of nitrogens with one attached hydrogen (secondary N) is 1. The number of aliphatic hydroxyl groups is 1. The van der Waals surface area contributed by atoms with Crippen LogP contribution < -0.4 is 4.72 Å². The first-order valence-electron chi connectivity index (χ1n) is 7.11. The molecule has 0 unspecified atom stereocenters. The Morgan fingerprint density at radius 1 is 1.38 bits per heavy atom. The van der Waals surface area contributed by atoms with E-state index in [0.29, 0.717) is 18.7 Å². The third kappa shape index (κ3) is 4.03. The summed E-state index contributed by atoms with van der Waals surface area (Å²) in [4.78, 5) is 0.208. The summed E-state index contributed by atoms with van der Waals surface area (Å²) in [5.41, 5.74) is 1.58. The lowest BCUT2D eigenvalue weighted by Gasteiger charge is -2.16. The second kappa shape index (κ2) is 6.44. The molecule has 0 radical (unpaired) electrons. The molecule has 0 aromatic heterocycles. The van der Waals surface area contributed by atoms with Crippen molar-refractivity contribution in [3.63, 3.8) is 0 Å². The van der Waals surface area contributed by atoms with Crippen LogP contribution in [0, 0.1) is 12.3 Å². The van der Waals surface area contributed by atoms with Crippen molar-refractivity contribution in [3.8, 4) is 0 Å². The predicted octanol–water partition coefficient (Wildman–Crippen LogP) is 1.58. The quantitative estimate of drug-likeness (QED) is 0.764. The molecule has 1 aromatic rings. The summed E-state index contributed by atoms with van der Waals surface area (Å²) in [6, 6.07) is 4.83. The summed E-state index contributed by atoms with van der Waals surface area (Å²) in [6.45, 7) is 2.79. The summed E-state index contributed by atoms with van der Waals surface area (Å²) in [5.74, 6) is 0. The van der Waals surface area contributed by atoms with Crippen molar-refractivity contribution in [2.45, 2.75) is 37.7 Å². The Morgan fingerprint density at radius 3 is 2.67 bits per heavy atom. The molecule has 0 aliphatic heterocycles. The molecule has 0 bridgehead atoms. The molecule has 0 heterocycles. The molecule has 6 heteroatoms. The molecule has 5 nitrogen and oxygen atoms in total. The Bertz CT molecular complexity index is 594. The molecule has 2 N–H and O–H groups in total. The Hall–Kier alpha value is -0.950. The molecule has 21 heavy (non-hydrogen) atoms. The molecule has 118 valence electrons. The van der Waals surface area contributed by atoms with E-state index in [1.54, 1.807) is 19.2 Å². The maximum atomic E-state index is 12.3. The summed E-state index contributed by atoms with van der Waals surface area (Å²) in [5, 5.41) is 9.25. The van der Waals surface area contributed by atoms with Crippen molar-refractivity contribution in [1.29, 1.82) is 0 Å². The molecule has 1 saturated carbocycles. The molecule has 1 fully saturated rings. The largest absolute Gasteiger partial charge is 0.392 e. The van der Waals surface area contributed by atoms with Crippen LogP contribution in [0.4, 0.5) is 0 Å². The van der Waals surface area contributed by atoms with Crippen LogP contribution in [0.25, 0.3) is 0 Å². The minimum Gasteiger partial charge on any atom is -0.392 e. The molecule has 0 atom stereocenters. The van der Waals surface area contributed by atoms with Gasteiger partial charge in [-0.1, -0.05) is 6.07 Å². The van der Waals surface area contributed by atoms with Gasteiger partial charge in [-0.2, -0.15) is 0 Å². The van der Waals surface area contributed by atoms with E-state index < -0.39 is 10.0 Å². The van der Waals surface area contributed by atoms with Crippen LogP contribution in [0.5, 0.6) is 0 Å². The van der Waals surface area contributed by atoms with Gasteiger partial charge in [-0.15, -0.1) is 0 Å². The van der Waals surface area contributed by atoms with E-state index in [0.717, 1.165) is 24.8 Å². The van der Waals surface area contributed by atoms with Crippen molar-refractivity contribution < 1.29 is 18.3 Å². The standard InChI is InChI=1S/C15H23NO4S/c1-12-3-4-14(9-13(12)10-17)21(18,19)16-11-15(5-6-15)7-8-20-2/h3-4,9,16-17H,5-8,10-11H2,1-2H3. The average molecular weight is 313 g/mol. The lowest BCUT2D eigenvalue weighted by Crippen LogP contribution is -2.31. The molecule has 1 aliphatic carbocycles. The molecule has 1 aromatic carbocycles. The van der Waals surface area contributed by atoms with E-state index in [-0.39, 0.29) is 16.9 Å². The fourth-order valence-electron chi connectivity index (χ4n) is 2.33. The summed E-state index contributed by atoms with van der Waals surface area (Å²) in [6.07, 6.45) is 2.95. The molecule has 0 spiro atoms. The minimum absolute atomic E-state index is 0.0631. The van der Waals surface area contributed by atoms with E-state index in [1.807, 2.05) is 6.92 Å². The van der Waals surface area contributed by atoms with Gasteiger partial charge in [-0.05, 0) is 54.9 Å². The first-order valence-corrected chi connectivity index (χ1v) is 8.60. The number of hydrogen-bond acceptors (Lipinski definition) is 4. The number of rotatable bonds is 8. The van der Waals surface area contributed by atoms with Crippen molar-refractivity contribution in [2.75, 3.05) is 20.3 Å².